The van der Waals surface area contributed by atoms with Crippen molar-refractivity contribution in [3.8, 4) is 0 Å². The van der Waals surface area contributed by atoms with E-state index in [1.807, 2.05) is 24.0 Å². The van der Waals surface area contributed by atoms with Crippen molar-refractivity contribution in [3.05, 3.63) is 24.0 Å². The second-order valence-electron chi connectivity index (χ2n) is 4.81. The smallest absolute Gasteiger partial charge is 0.143 e. The molecule has 2 heterocycles. The molecule has 1 unspecified atom stereocenters. The molecule has 92 valence electrons. The van der Waals surface area contributed by atoms with Crippen molar-refractivity contribution in [1.82, 2.24) is 4.98 Å². The number of nitrogens with two attached hydrogens (primary N) is 1. The molecule has 1 aliphatic heterocycles. The molecular formula is C12H18N4O. The maximum absolute atomic E-state index is 10.1. The lowest BCUT2D eigenvalue weighted by Crippen LogP contribution is -2.46. The van der Waals surface area contributed by atoms with Gasteiger partial charge < -0.3 is 15.7 Å². The van der Waals surface area contributed by atoms with Gasteiger partial charge in [0.1, 0.15) is 11.5 Å². The Morgan fingerprint density at radius 3 is 3.06 bits per heavy atom. The molecule has 4 N–H and O–H groups in total. The Morgan fingerprint density at radius 2 is 2.41 bits per heavy atom. The first-order valence-corrected chi connectivity index (χ1v) is 5.76. The van der Waals surface area contributed by atoms with Gasteiger partial charge in [-0.05, 0) is 31.9 Å². The van der Waals surface area contributed by atoms with Gasteiger partial charge in [0.15, 0.2) is 0 Å². The van der Waals surface area contributed by atoms with E-state index in [9.17, 15) is 5.11 Å². The number of hydrogen-bond donors (Lipinski definition) is 3. The second kappa shape index (κ2) is 4.33. The van der Waals surface area contributed by atoms with E-state index in [2.05, 4.69) is 4.98 Å². The van der Waals surface area contributed by atoms with Crippen LogP contribution < -0.4 is 10.6 Å². The van der Waals surface area contributed by atoms with Gasteiger partial charge in [-0.15, -0.1) is 0 Å². The highest BCUT2D eigenvalue weighted by atomic mass is 16.3. The van der Waals surface area contributed by atoms with Gasteiger partial charge in [0, 0.05) is 19.3 Å². The fraction of sp³-hybridized carbons (Fsp3) is 0.500. The Balaban J connectivity index is 2.30. The number of aromatic nitrogens is 1. The SMILES string of the molecule is CC1(O)CCCN(c2cccnc2C(=N)N)C1. The number of piperidine rings is 1. The Bertz CT molecular complexity index is 430. The summed E-state index contributed by atoms with van der Waals surface area (Å²) in [6.45, 7) is 3.25. The van der Waals surface area contributed by atoms with Crippen LogP contribution in [0.2, 0.25) is 0 Å². The van der Waals surface area contributed by atoms with Gasteiger partial charge in [-0.25, -0.2) is 0 Å². The number of nitrogens with zero attached hydrogens (tertiary/aromatic N) is 2. The van der Waals surface area contributed by atoms with Crippen molar-refractivity contribution < 1.29 is 5.11 Å². The lowest BCUT2D eigenvalue weighted by molar-refractivity contribution is 0.0449. The van der Waals surface area contributed by atoms with Crippen molar-refractivity contribution in [1.29, 1.82) is 5.41 Å². The molecule has 0 spiro atoms. The molecule has 1 aromatic heterocycles. The Kier molecular flexibility index (Phi) is 3.02. The summed E-state index contributed by atoms with van der Waals surface area (Å²) >= 11 is 0. The van der Waals surface area contributed by atoms with Crippen LogP contribution in [-0.4, -0.2) is 34.6 Å². The van der Waals surface area contributed by atoms with E-state index in [4.69, 9.17) is 11.1 Å². The largest absolute Gasteiger partial charge is 0.388 e. The number of nitrogen functional groups attached to an aromatic ring is 1. The summed E-state index contributed by atoms with van der Waals surface area (Å²) in [5.74, 6) is -0.0363. The van der Waals surface area contributed by atoms with E-state index in [0.29, 0.717) is 12.2 Å². The minimum absolute atomic E-state index is 0.0363. The quantitative estimate of drug-likeness (QED) is 0.520. The highest BCUT2D eigenvalue weighted by Gasteiger charge is 2.29. The van der Waals surface area contributed by atoms with E-state index >= 15 is 0 Å². The Hall–Kier alpha value is -1.62. The summed E-state index contributed by atoms with van der Waals surface area (Å²) in [5.41, 5.74) is 6.17. The van der Waals surface area contributed by atoms with Crippen LogP contribution in [-0.2, 0) is 0 Å². The first-order valence-electron chi connectivity index (χ1n) is 5.76. The minimum atomic E-state index is -0.678. The molecule has 1 atom stereocenters. The topological polar surface area (TPSA) is 86.2 Å². The molecule has 0 aliphatic carbocycles. The Morgan fingerprint density at radius 1 is 1.65 bits per heavy atom. The summed E-state index contributed by atoms with van der Waals surface area (Å²) in [7, 11) is 0. The molecule has 5 nitrogen and oxygen atoms in total. The highest BCUT2D eigenvalue weighted by Crippen LogP contribution is 2.27. The standard InChI is InChI=1S/C12H18N4O/c1-12(17)5-3-7-16(8-12)9-4-2-6-15-10(9)11(13)14/h2,4,6,17H,3,5,7-8H2,1H3,(H3,13,14). The fourth-order valence-electron chi connectivity index (χ4n) is 2.29. The third-order valence-electron chi connectivity index (χ3n) is 3.06. The van der Waals surface area contributed by atoms with Gasteiger partial charge >= 0.3 is 0 Å². The number of rotatable bonds is 2. The number of β-amino-alcohol motifs (C(OH)–C–C–N with tert-alkyl or cyclic N) is 1. The molecular weight excluding hydrogens is 216 g/mol. The van der Waals surface area contributed by atoms with Crippen molar-refractivity contribution >= 4 is 11.5 Å². The molecule has 17 heavy (non-hydrogen) atoms. The van der Waals surface area contributed by atoms with Crippen LogP contribution in [0.1, 0.15) is 25.5 Å². The molecule has 0 saturated carbocycles. The molecule has 0 bridgehead atoms. The average Bonchev–Trinajstić information content (AvgIpc) is 2.27. The monoisotopic (exact) mass is 234 g/mol. The summed E-state index contributed by atoms with van der Waals surface area (Å²) < 4.78 is 0. The van der Waals surface area contributed by atoms with Gasteiger partial charge in [0.25, 0.3) is 0 Å². The van der Waals surface area contributed by atoms with Crippen LogP contribution >= 0.6 is 0 Å². The molecule has 1 aromatic rings. The van der Waals surface area contributed by atoms with E-state index < -0.39 is 5.60 Å². The lowest BCUT2D eigenvalue weighted by atomic mass is 9.94. The molecule has 1 fully saturated rings. The van der Waals surface area contributed by atoms with Gasteiger partial charge in [0.2, 0.25) is 0 Å². The fourth-order valence-corrected chi connectivity index (χ4v) is 2.29. The number of nitrogens with one attached hydrogen (secondary N) is 1. The van der Waals surface area contributed by atoms with Crippen LogP contribution in [0.3, 0.4) is 0 Å². The third kappa shape index (κ3) is 2.55. The van der Waals surface area contributed by atoms with Crippen LogP contribution in [0.25, 0.3) is 0 Å². The van der Waals surface area contributed by atoms with Crippen molar-refractivity contribution in [2.45, 2.75) is 25.4 Å². The summed E-state index contributed by atoms with van der Waals surface area (Å²) in [4.78, 5) is 6.18. The van der Waals surface area contributed by atoms with Crippen LogP contribution in [0, 0.1) is 5.41 Å². The number of amidine groups is 1. The van der Waals surface area contributed by atoms with Crippen molar-refractivity contribution in [2.24, 2.45) is 5.73 Å². The Labute approximate surface area is 101 Å². The highest BCUT2D eigenvalue weighted by molar-refractivity contribution is 5.98. The zero-order valence-corrected chi connectivity index (χ0v) is 9.98. The van der Waals surface area contributed by atoms with E-state index in [-0.39, 0.29) is 5.84 Å². The van der Waals surface area contributed by atoms with Gasteiger partial charge in [-0.1, -0.05) is 0 Å². The number of hydrogen-bond acceptors (Lipinski definition) is 4. The van der Waals surface area contributed by atoms with E-state index in [1.54, 1.807) is 6.20 Å². The van der Waals surface area contributed by atoms with Crippen LogP contribution in [0.15, 0.2) is 18.3 Å². The lowest BCUT2D eigenvalue weighted by Gasteiger charge is -2.38. The number of anilines is 1. The molecule has 1 saturated heterocycles. The molecule has 1 aliphatic rings. The number of pyridine rings is 1. The predicted octanol–water partition coefficient (Wildman–Crippen LogP) is 0.717. The average molecular weight is 234 g/mol. The summed E-state index contributed by atoms with van der Waals surface area (Å²) in [6.07, 6.45) is 3.36. The summed E-state index contributed by atoms with van der Waals surface area (Å²) in [5, 5.41) is 17.6. The minimum Gasteiger partial charge on any atom is -0.388 e. The second-order valence-corrected chi connectivity index (χ2v) is 4.81. The molecule has 2 rings (SSSR count). The first kappa shape index (κ1) is 11.9. The maximum atomic E-state index is 10.1. The first-order chi connectivity index (χ1) is 7.99. The zero-order valence-electron chi connectivity index (χ0n) is 9.98. The van der Waals surface area contributed by atoms with Gasteiger partial charge in [-0.3, -0.25) is 10.4 Å². The molecule has 5 heteroatoms. The zero-order chi connectivity index (χ0) is 12.5. The van der Waals surface area contributed by atoms with Crippen molar-refractivity contribution in [3.63, 3.8) is 0 Å². The van der Waals surface area contributed by atoms with Crippen LogP contribution in [0.5, 0.6) is 0 Å². The summed E-state index contributed by atoms with van der Waals surface area (Å²) in [6, 6.07) is 3.72. The van der Waals surface area contributed by atoms with E-state index in [1.165, 1.54) is 0 Å². The van der Waals surface area contributed by atoms with Gasteiger partial charge in [-0.2, -0.15) is 0 Å². The normalized spacial score (nSPS) is 24.7. The predicted molar refractivity (Wildman–Crippen MR) is 67.3 cm³/mol. The number of aliphatic hydroxyl groups is 1. The van der Waals surface area contributed by atoms with Crippen molar-refractivity contribution in [2.75, 3.05) is 18.0 Å². The van der Waals surface area contributed by atoms with E-state index in [0.717, 1.165) is 25.1 Å². The molecule has 0 radical (unpaired) electrons. The van der Waals surface area contributed by atoms with Crippen LogP contribution in [0.4, 0.5) is 5.69 Å². The third-order valence-corrected chi connectivity index (χ3v) is 3.06. The maximum Gasteiger partial charge on any atom is 0.143 e. The molecule has 0 amide bonds. The van der Waals surface area contributed by atoms with Gasteiger partial charge in [0.05, 0.1) is 11.3 Å². The molecule has 0 aromatic carbocycles.